The molecule has 0 saturated heterocycles. The first-order chi connectivity index (χ1) is 9.72. The molecule has 0 amide bonds. The summed E-state index contributed by atoms with van der Waals surface area (Å²) in [4.78, 5) is 0. The molecule has 0 N–H and O–H groups in total. The molecule has 0 heterocycles. The molecule has 3 rings (SSSR count). The largest absolute Gasteiger partial charge is 0.0616 e. The van der Waals surface area contributed by atoms with E-state index >= 15 is 0 Å². The van der Waals surface area contributed by atoms with E-state index in [1.165, 1.54) is 33.0 Å². The third kappa shape index (κ3) is 2.65. The van der Waals surface area contributed by atoms with Crippen molar-refractivity contribution in [3.05, 3.63) is 83.4 Å². The standard InChI is InChI=1S/C20H18/c1-15-7-9-17(10-8-15)13-16(2)19-12-11-18-5-3-4-6-20(18)14-19/h3-14H,1-2H3. The monoisotopic (exact) mass is 258 g/mol. The van der Waals surface area contributed by atoms with Gasteiger partial charge in [0.25, 0.3) is 0 Å². The lowest BCUT2D eigenvalue weighted by Crippen LogP contribution is -1.82. The van der Waals surface area contributed by atoms with Crippen LogP contribution in [0.5, 0.6) is 0 Å². The van der Waals surface area contributed by atoms with E-state index in [1.807, 2.05) is 0 Å². The summed E-state index contributed by atoms with van der Waals surface area (Å²) in [5.74, 6) is 0. The average Bonchev–Trinajstić information content (AvgIpc) is 2.49. The maximum absolute atomic E-state index is 2.26. The van der Waals surface area contributed by atoms with E-state index in [9.17, 15) is 0 Å². The number of hydrogen-bond donors (Lipinski definition) is 0. The maximum Gasteiger partial charge on any atom is -0.0178 e. The van der Waals surface area contributed by atoms with Crippen molar-refractivity contribution in [2.45, 2.75) is 13.8 Å². The van der Waals surface area contributed by atoms with E-state index in [0.29, 0.717) is 0 Å². The molecule has 0 unspecified atom stereocenters. The second-order valence-corrected chi connectivity index (χ2v) is 5.30. The van der Waals surface area contributed by atoms with Crippen LogP contribution in [0.1, 0.15) is 23.6 Å². The van der Waals surface area contributed by atoms with Crippen LogP contribution < -0.4 is 0 Å². The summed E-state index contributed by atoms with van der Waals surface area (Å²) in [6, 6.07) is 23.8. The molecule has 0 nitrogen and oxygen atoms in total. The van der Waals surface area contributed by atoms with Crippen molar-refractivity contribution >= 4 is 22.4 Å². The summed E-state index contributed by atoms with van der Waals surface area (Å²) < 4.78 is 0. The van der Waals surface area contributed by atoms with Crippen LogP contribution in [0.2, 0.25) is 0 Å². The van der Waals surface area contributed by atoms with E-state index in [2.05, 4.69) is 86.7 Å². The topological polar surface area (TPSA) is 0 Å². The van der Waals surface area contributed by atoms with E-state index in [0.717, 1.165) is 0 Å². The molecule has 0 aromatic heterocycles. The number of aryl methyl sites for hydroxylation is 1. The summed E-state index contributed by atoms with van der Waals surface area (Å²) in [5.41, 5.74) is 5.12. The number of benzene rings is 3. The minimum Gasteiger partial charge on any atom is -0.0616 e. The first kappa shape index (κ1) is 12.7. The van der Waals surface area contributed by atoms with Gasteiger partial charge in [-0.15, -0.1) is 0 Å². The van der Waals surface area contributed by atoms with Crippen molar-refractivity contribution in [2.24, 2.45) is 0 Å². The Morgan fingerprint density at radius 2 is 1.50 bits per heavy atom. The lowest BCUT2D eigenvalue weighted by molar-refractivity contribution is 1.46. The van der Waals surface area contributed by atoms with Crippen molar-refractivity contribution in [2.75, 3.05) is 0 Å². The van der Waals surface area contributed by atoms with Gasteiger partial charge in [-0.05, 0) is 47.4 Å². The van der Waals surface area contributed by atoms with Crippen molar-refractivity contribution in [1.29, 1.82) is 0 Å². The predicted octanol–water partition coefficient (Wildman–Crippen LogP) is 5.71. The SMILES string of the molecule is CC(=Cc1ccc(C)cc1)c1ccc2ccccc2c1. The fraction of sp³-hybridized carbons (Fsp3) is 0.100. The lowest BCUT2D eigenvalue weighted by Gasteiger charge is -2.05. The van der Waals surface area contributed by atoms with Gasteiger partial charge in [0.05, 0.1) is 0 Å². The highest BCUT2D eigenvalue weighted by Crippen LogP contribution is 2.22. The Kier molecular flexibility index (Phi) is 3.39. The number of hydrogen-bond acceptors (Lipinski definition) is 0. The van der Waals surface area contributed by atoms with Gasteiger partial charge in [-0.1, -0.05) is 72.3 Å². The molecular weight excluding hydrogens is 240 g/mol. The van der Waals surface area contributed by atoms with Gasteiger partial charge in [-0.3, -0.25) is 0 Å². The molecule has 0 radical (unpaired) electrons. The fourth-order valence-corrected chi connectivity index (χ4v) is 2.43. The summed E-state index contributed by atoms with van der Waals surface area (Å²) in [6.45, 7) is 4.29. The van der Waals surface area contributed by atoms with Crippen molar-refractivity contribution in [1.82, 2.24) is 0 Å². The Balaban J connectivity index is 1.99. The first-order valence-electron chi connectivity index (χ1n) is 6.96. The van der Waals surface area contributed by atoms with Gasteiger partial charge < -0.3 is 0 Å². The second kappa shape index (κ2) is 5.34. The normalized spacial score (nSPS) is 11.8. The zero-order valence-corrected chi connectivity index (χ0v) is 11.9. The molecule has 0 atom stereocenters. The highest BCUT2D eigenvalue weighted by molar-refractivity contribution is 5.89. The van der Waals surface area contributed by atoms with Crippen LogP contribution >= 0.6 is 0 Å². The van der Waals surface area contributed by atoms with Crippen LogP contribution in [-0.2, 0) is 0 Å². The molecule has 0 bridgehead atoms. The van der Waals surface area contributed by atoms with Crippen LogP contribution in [-0.4, -0.2) is 0 Å². The third-order valence-corrected chi connectivity index (χ3v) is 3.67. The van der Waals surface area contributed by atoms with Crippen molar-refractivity contribution in [3.8, 4) is 0 Å². The summed E-state index contributed by atoms with van der Waals surface area (Å²) in [7, 11) is 0. The Morgan fingerprint density at radius 1 is 0.800 bits per heavy atom. The summed E-state index contributed by atoms with van der Waals surface area (Å²) in [5, 5.41) is 2.58. The van der Waals surface area contributed by atoms with Crippen molar-refractivity contribution < 1.29 is 0 Å². The van der Waals surface area contributed by atoms with Crippen LogP contribution in [0, 0.1) is 6.92 Å². The molecular formula is C20H18. The molecule has 20 heavy (non-hydrogen) atoms. The van der Waals surface area contributed by atoms with Crippen LogP contribution in [0.4, 0.5) is 0 Å². The minimum absolute atomic E-state index is 1.25. The molecule has 0 aliphatic heterocycles. The first-order valence-corrected chi connectivity index (χ1v) is 6.96. The Hall–Kier alpha value is -2.34. The van der Waals surface area contributed by atoms with Crippen LogP contribution in [0.25, 0.3) is 22.4 Å². The fourth-order valence-electron chi connectivity index (χ4n) is 2.43. The highest BCUT2D eigenvalue weighted by atomic mass is 14.0. The van der Waals surface area contributed by atoms with Gasteiger partial charge in [-0.25, -0.2) is 0 Å². The second-order valence-electron chi connectivity index (χ2n) is 5.30. The van der Waals surface area contributed by atoms with Crippen molar-refractivity contribution in [3.63, 3.8) is 0 Å². The quantitative estimate of drug-likeness (QED) is 0.516. The number of rotatable bonds is 2. The molecule has 0 aliphatic rings. The number of allylic oxidation sites excluding steroid dienone is 1. The third-order valence-electron chi connectivity index (χ3n) is 3.67. The molecule has 0 heteroatoms. The summed E-state index contributed by atoms with van der Waals surface area (Å²) in [6.07, 6.45) is 2.24. The van der Waals surface area contributed by atoms with E-state index in [-0.39, 0.29) is 0 Å². The van der Waals surface area contributed by atoms with Gasteiger partial charge in [0.15, 0.2) is 0 Å². The zero-order chi connectivity index (χ0) is 13.9. The van der Waals surface area contributed by atoms with Gasteiger partial charge >= 0.3 is 0 Å². The molecule has 0 fully saturated rings. The van der Waals surface area contributed by atoms with Gasteiger partial charge in [-0.2, -0.15) is 0 Å². The summed E-state index contributed by atoms with van der Waals surface area (Å²) >= 11 is 0. The molecule has 3 aromatic carbocycles. The number of fused-ring (bicyclic) bond motifs is 1. The average molecular weight is 258 g/mol. The van der Waals surface area contributed by atoms with Crippen LogP contribution in [0.15, 0.2) is 66.7 Å². The minimum atomic E-state index is 1.25. The molecule has 3 aromatic rings. The van der Waals surface area contributed by atoms with Gasteiger partial charge in [0, 0.05) is 0 Å². The van der Waals surface area contributed by atoms with E-state index in [1.54, 1.807) is 0 Å². The molecule has 0 saturated carbocycles. The maximum atomic E-state index is 2.26. The smallest absolute Gasteiger partial charge is 0.0178 e. The predicted molar refractivity (Wildman–Crippen MR) is 88.7 cm³/mol. The molecule has 0 spiro atoms. The highest BCUT2D eigenvalue weighted by Gasteiger charge is 1.99. The molecule has 0 aliphatic carbocycles. The van der Waals surface area contributed by atoms with Crippen LogP contribution in [0.3, 0.4) is 0 Å². The Labute approximate surface area is 120 Å². The van der Waals surface area contributed by atoms with Gasteiger partial charge in [0.2, 0.25) is 0 Å². The van der Waals surface area contributed by atoms with E-state index in [4.69, 9.17) is 0 Å². The van der Waals surface area contributed by atoms with Gasteiger partial charge in [0.1, 0.15) is 0 Å². The lowest BCUT2D eigenvalue weighted by atomic mass is 10.0. The Morgan fingerprint density at radius 3 is 2.25 bits per heavy atom. The van der Waals surface area contributed by atoms with E-state index < -0.39 is 0 Å². The molecule has 98 valence electrons. The Bertz CT molecular complexity index is 761. The zero-order valence-electron chi connectivity index (χ0n) is 11.9.